The van der Waals surface area contributed by atoms with Gasteiger partial charge in [-0.05, 0) is 0 Å². The van der Waals surface area contributed by atoms with E-state index in [1.807, 2.05) is 24.3 Å². The second-order valence-electron chi connectivity index (χ2n) is 3.50. The van der Waals surface area contributed by atoms with E-state index < -0.39 is 0 Å². The normalized spacial score (nSPS) is 6.89. The molecule has 0 unspecified atom stereocenters. The second kappa shape index (κ2) is 20.1. The first-order valence-corrected chi connectivity index (χ1v) is 7.62. The van der Waals surface area contributed by atoms with Gasteiger partial charge in [0.15, 0.2) is 0 Å². The van der Waals surface area contributed by atoms with Gasteiger partial charge in [-0.15, -0.1) is 0 Å². The molecule has 0 aliphatic carbocycles. The molecule has 0 aromatic heterocycles. The number of hydrogen-bond acceptors (Lipinski definition) is 0. The Balaban J connectivity index is -0.0000000793. The standard InChI is InChI=1S/2C6H7.C2H7Si.2BrH.Zr/c2*1-6-4-2-3-5-6;1-3-2;;;/h2*2-5H,1H3;3H,1-2H3;2*1H;/q2*-1;;;;+4/p-2. The van der Waals surface area contributed by atoms with E-state index in [4.69, 9.17) is 0 Å². The van der Waals surface area contributed by atoms with Gasteiger partial charge in [-0.1, -0.05) is 26.9 Å². The van der Waals surface area contributed by atoms with Crippen molar-refractivity contribution in [1.82, 2.24) is 0 Å². The van der Waals surface area contributed by atoms with Crippen LogP contribution in [0.4, 0.5) is 0 Å². The van der Waals surface area contributed by atoms with Crippen LogP contribution in [-0.4, -0.2) is 9.52 Å². The fraction of sp³-hybridized carbons (Fsp3) is 0.286. The number of halogens is 2. The minimum absolute atomic E-state index is 0. The summed E-state index contributed by atoms with van der Waals surface area (Å²) >= 11 is 0. The molecule has 99 valence electrons. The summed E-state index contributed by atoms with van der Waals surface area (Å²) in [6.07, 6.45) is 0. The zero-order valence-corrected chi connectivity index (χ0v) is 18.2. The Bertz CT molecular complexity index is 272. The summed E-state index contributed by atoms with van der Waals surface area (Å²) in [5.41, 5.74) is 2.69. The van der Waals surface area contributed by atoms with Crippen molar-refractivity contribution in [1.29, 1.82) is 0 Å². The molecule has 18 heavy (non-hydrogen) atoms. The number of rotatable bonds is 0. The van der Waals surface area contributed by atoms with Crippen LogP contribution in [0.15, 0.2) is 48.5 Å². The predicted octanol–water partition coefficient (Wildman–Crippen LogP) is -2.05. The fourth-order valence-corrected chi connectivity index (χ4v) is 0.940. The van der Waals surface area contributed by atoms with Crippen LogP contribution in [0.25, 0.3) is 0 Å². The van der Waals surface area contributed by atoms with E-state index in [-0.39, 0.29) is 60.2 Å². The van der Waals surface area contributed by atoms with Gasteiger partial charge in [-0.25, -0.2) is 24.3 Å². The van der Waals surface area contributed by atoms with E-state index in [1.165, 1.54) is 11.1 Å². The molecule has 0 aliphatic rings. The summed E-state index contributed by atoms with van der Waals surface area (Å²) in [4.78, 5) is 0. The molecule has 0 saturated carbocycles. The molecule has 0 heterocycles. The van der Waals surface area contributed by atoms with Gasteiger partial charge in [0.05, 0.1) is 0 Å². The van der Waals surface area contributed by atoms with Crippen LogP contribution in [0.3, 0.4) is 0 Å². The first-order chi connectivity index (χ1) is 7.20. The zero-order valence-electron chi connectivity index (χ0n) is 11.5. The Morgan fingerprint density at radius 2 is 0.833 bits per heavy atom. The summed E-state index contributed by atoms with van der Waals surface area (Å²) in [6.45, 7) is 8.58. The molecule has 0 spiro atoms. The van der Waals surface area contributed by atoms with Crippen LogP contribution in [0.2, 0.25) is 13.1 Å². The van der Waals surface area contributed by atoms with Crippen LogP contribution >= 0.6 is 0 Å². The molecule has 2 rings (SSSR count). The third kappa shape index (κ3) is 19.1. The second-order valence-corrected chi connectivity index (χ2v) is 4.66. The van der Waals surface area contributed by atoms with Gasteiger partial charge >= 0.3 is 26.2 Å². The van der Waals surface area contributed by atoms with Crippen molar-refractivity contribution in [3.63, 3.8) is 0 Å². The molecule has 4 heteroatoms. The molecule has 0 bridgehead atoms. The zero-order chi connectivity index (χ0) is 11.5. The van der Waals surface area contributed by atoms with E-state index in [9.17, 15) is 0 Å². The van der Waals surface area contributed by atoms with E-state index in [0.717, 1.165) is 9.52 Å². The molecule has 0 N–H and O–H groups in total. The Morgan fingerprint density at radius 1 is 0.667 bits per heavy atom. The van der Waals surface area contributed by atoms with Gasteiger partial charge in [0.25, 0.3) is 0 Å². The maximum Gasteiger partial charge on any atom is 4.00 e. The third-order valence-electron chi connectivity index (χ3n) is 1.66. The summed E-state index contributed by atoms with van der Waals surface area (Å²) in [5.74, 6) is 0. The number of hydrogen-bond donors (Lipinski definition) is 0. The first kappa shape index (κ1) is 27.2. The van der Waals surface area contributed by atoms with Crippen LogP contribution in [-0.2, 0) is 26.2 Å². The van der Waals surface area contributed by atoms with Crippen molar-refractivity contribution in [3.8, 4) is 0 Å². The van der Waals surface area contributed by atoms with E-state index in [1.54, 1.807) is 0 Å². The molecule has 1 radical (unpaired) electrons. The van der Waals surface area contributed by atoms with Crippen molar-refractivity contribution in [2.45, 2.75) is 26.9 Å². The topological polar surface area (TPSA) is 0 Å². The summed E-state index contributed by atoms with van der Waals surface area (Å²) in [7, 11) is 0.750. The minimum atomic E-state index is 0. The molecule has 0 atom stereocenters. The van der Waals surface area contributed by atoms with Crippen LogP contribution in [0, 0.1) is 13.8 Å². The minimum Gasteiger partial charge on any atom is -1.00 e. The van der Waals surface area contributed by atoms with Gasteiger partial charge in [0.1, 0.15) is 0 Å². The summed E-state index contributed by atoms with van der Waals surface area (Å²) in [5, 5.41) is 0. The Morgan fingerprint density at radius 3 is 0.889 bits per heavy atom. The van der Waals surface area contributed by atoms with Gasteiger partial charge < -0.3 is 34.0 Å². The van der Waals surface area contributed by atoms with Crippen LogP contribution in [0.5, 0.6) is 0 Å². The maximum absolute atomic E-state index is 2.21. The molecular weight excluding hydrogens is 447 g/mol. The molecule has 0 fully saturated rings. The predicted molar refractivity (Wildman–Crippen MR) is 72.4 cm³/mol. The van der Waals surface area contributed by atoms with E-state index in [2.05, 4.69) is 51.2 Å². The molecular formula is C14H21Br2SiZr. The van der Waals surface area contributed by atoms with Crippen molar-refractivity contribution in [2.75, 3.05) is 0 Å². The largest absolute Gasteiger partial charge is 4.00 e. The maximum atomic E-state index is 2.21. The van der Waals surface area contributed by atoms with E-state index >= 15 is 0 Å². The summed E-state index contributed by atoms with van der Waals surface area (Å²) < 4.78 is 0. The average molecular weight is 468 g/mol. The van der Waals surface area contributed by atoms with Crippen molar-refractivity contribution in [2.24, 2.45) is 0 Å². The monoisotopic (exact) mass is 465 g/mol. The summed E-state index contributed by atoms with van der Waals surface area (Å²) in [6, 6.07) is 16.5. The average Bonchev–Trinajstić information content (AvgIpc) is 2.81. The molecule has 0 amide bonds. The van der Waals surface area contributed by atoms with Gasteiger partial charge in [0.2, 0.25) is 0 Å². The molecule has 2 aromatic carbocycles. The van der Waals surface area contributed by atoms with E-state index in [0.29, 0.717) is 0 Å². The smallest absolute Gasteiger partial charge is 1.00 e. The number of aryl methyl sites for hydroxylation is 2. The SMILES string of the molecule is C[SiH]C.C[c-]1cccc1.C[c-]1cccc1.[Br-].[Br-].[Zr+4]. The first-order valence-electron chi connectivity index (χ1n) is 5.31. The Hall–Kier alpha value is 0.760. The molecule has 0 nitrogen and oxygen atoms in total. The van der Waals surface area contributed by atoms with Gasteiger partial charge in [-0.3, -0.25) is 0 Å². The molecule has 0 saturated heterocycles. The van der Waals surface area contributed by atoms with Gasteiger partial charge in [0, 0.05) is 9.52 Å². The van der Waals surface area contributed by atoms with Gasteiger partial charge in [-0.2, -0.15) is 35.4 Å². The van der Waals surface area contributed by atoms with Crippen molar-refractivity contribution < 1.29 is 60.2 Å². The van der Waals surface area contributed by atoms with Crippen molar-refractivity contribution >= 4 is 9.52 Å². The van der Waals surface area contributed by atoms with Crippen LogP contribution in [0.1, 0.15) is 11.1 Å². The van der Waals surface area contributed by atoms with Crippen molar-refractivity contribution in [3.05, 3.63) is 59.7 Å². The fourth-order valence-electron chi connectivity index (χ4n) is 0.940. The third-order valence-corrected chi connectivity index (χ3v) is 1.66. The molecule has 0 aliphatic heterocycles. The quantitative estimate of drug-likeness (QED) is 0.309. The Kier molecular flexibility index (Phi) is 30.3. The molecule has 2 aromatic rings. The van der Waals surface area contributed by atoms with Crippen LogP contribution < -0.4 is 34.0 Å². The Labute approximate surface area is 155 Å².